The maximum Gasteiger partial charge on any atom is 0.194 e. The lowest BCUT2D eigenvalue weighted by molar-refractivity contribution is 0.448. The van der Waals surface area contributed by atoms with Crippen molar-refractivity contribution < 1.29 is 8.81 Å². The Labute approximate surface area is 159 Å². The van der Waals surface area contributed by atoms with E-state index < -0.39 is 0 Å². The van der Waals surface area contributed by atoms with Crippen molar-refractivity contribution in [3.05, 3.63) is 59.8 Å². The van der Waals surface area contributed by atoms with E-state index in [1.807, 2.05) is 24.3 Å². The highest BCUT2D eigenvalue weighted by molar-refractivity contribution is 14.0. The number of halogens is 2. The lowest BCUT2D eigenvalue weighted by Crippen LogP contribution is -2.39. The molecule has 130 valence electrons. The molecule has 1 unspecified atom stereocenters. The Balaban J connectivity index is 0.00000208. The molecule has 4 nitrogen and oxygen atoms in total. The van der Waals surface area contributed by atoms with Gasteiger partial charge in [-0.25, -0.2) is 4.39 Å². The molecule has 0 radical (unpaired) electrons. The van der Waals surface area contributed by atoms with Gasteiger partial charge in [-0.1, -0.05) is 12.1 Å². The number of benzene rings is 1. The van der Waals surface area contributed by atoms with Crippen LogP contribution in [0, 0.1) is 11.7 Å². The van der Waals surface area contributed by atoms with Gasteiger partial charge in [0.25, 0.3) is 0 Å². The smallest absolute Gasteiger partial charge is 0.194 e. The maximum absolute atomic E-state index is 13.0. The van der Waals surface area contributed by atoms with Crippen molar-refractivity contribution in [3.8, 4) is 0 Å². The predicted octanol–water partition coefficient (Wildman–Crippen LogP) is 3.68. The minimum Gasteiger partial charge on any atom is -0.467 e. The van der Waals surface area contributed by atoms with Crippen LogP contribution in [0.3, 0.4) is 0 Å². The molecule has 2 heterocycles. The lowest BCUT2D eigenvalue weighted by Gasteiger charge is -2.21. The molecule has 0 spiro atoms. The van der Waals surface area contributed by atoms with Gasteiger partial charge in [0, 0.05) is 20.1 Å². The zero-order valence-electron chi connectivity index (χ0n) is 13.7. The van der Waals surface area contributed by atoms with E-state index in [1.54, 1.807) is 13.3 Å². The molecule has 1 N–H and O–H groups in total. The van der Waals surface area contributed by atoms with E-state index in [0.29, 0.717) is 12.5 Å². The summed E-state index contributed by atoms with van der Waals surface area (Å²) in [6.07, 6.45) is 3.78. The van der Waals surface area contributed by atoms with Crippen LogP contribution in [0.4, 0.5) is 4.39 Å². The van der Waals surface area contributed by atoms with Crippen LogP contribution in [0.15, 0.2) is 52.1 Å². The maximum atomic E-state index is 13.0. The summed E-state index contributed by atoms with van der Waals surface area (Å²) >= 11 is 0. The van der Waals surface area contributed by atoms with Crippen molar-refractivity contribution >= 4 is 29.9 Å². The summed E-state index contributed by atoms with van der Waals surface area (Å²) in [5.74, 6) is 2.20. The van der Waals surface area contributed by atoms with E-state index >= 15 is 0 Å². The van der Waals surface area contributed by atoms with Gasteiger partial charge in [0.05, 0.1) is 12.8 Å². The van der Waals surface area contributed by atoms with Crippen LogP contribution in [0.2, 0.25) is 0 Å². The lowest BCUT2D eigenvalue weighted by atomic mass is 9.99. The van der Waals surface area contributed by atoms with Gasteiger partial charge in [0.1, 0.15) is 11.6 Å². The zero-order chi connectivity index (χ0) is 16.1. The minimum atomic E-state index is -0.177. The number of nitrogens with zero attached hydrogens (tertiary/aromatic N) is 2. The highest BCUT2D eigenvalue weighted by Gasteiger charge is 2.25. The van der Waals surface area contributed by atoms with Crippen LogP contribution in [-0.2, 0) is 13.0 Å². The summed E-state index contributed by atoms with van der Waals surface area (Å²) < 4.78 is 18.3. The predicted molar refractivity (Wildman–Crippen MR) is 104 cm³/mol. The number of likely N-dealkylation sites (tertiary alicyclic amines) is 1. The zero-order valence-corrected chi connectivity index (χ0v) is 16.1. The Bertz CT molecular complexity index is 643. The Kier molecular flexibility index (Phi) is 7.08. The fourth-order valence-corrected chi connectivity index (χ4v) is 3.06. The van der Waals surface area contributed by atoms with Gasteiger partial charge in [-0.15, -0.1) is 24.0 Å². The Morgan fingerprint density at radius 1 is 1.33 bits per heavy atom. The van der Waals surface area contributed by atoms with Crippen LogP contribution < -0.4 is 5.32 Å². The molecule has 24 heavy (non-hydrogen) atoms. The summed E-state index contributed by atoms with van der Waals surface area (Å²) in [6, 6.07) is 10.7. The largest absolute Gasteiger partial charge is 0.467 e. The normalized spacial score (nSPS) is 17.7. The molecule has 0 saturated carbocycles. The first-order valence-electron chi connectivity index (χ1n) is 7.97. The number of rotatable bonds is 4. The van der Waals surface area contributed by atoms with Crippen molar-refractivity contribution in [3.63, 3.8) is 0 Å². The second-order valence-electron chi connectivity index (χ2n) is 5.91. The first-order chi connectivity index (χ1) is 11.2. The molecule has 1 aromatic heterocycles. The Morgan fingerprint density at radius 3 is 2.79 bits per heavy atom. The van der Waals surface area contributed by atoms with E-state index in [4.69, 9.17) is 4.42 Å². The summed E-state index contributed by atoms with van der Waals surface area (Å²) in [6.45, 7) is 2.59. The molecule has 3 rings (SSSR count). The van der Waals surface area contributed by atoms with Crippen molar-refractivity contribution in [2.24, 2.45) is 10.9 Å². The van der Waals surface area contributed by atoms with Gasteiger partial charge in [-0.3, -0.25) is 4.99 Å². The summed E-state index contributed by atoms with van der Waals surface area (Å²) in [5.41, 5.74) is 1.19. The molecule has 1 aliphatic heterocycles. The average molecular weight is 443 g/mol. The molecule has 1 aliphatic rings. The molecule has 6 heteroatoms. The summed E-state index contributed by atoms with van der Waals surface area (Å²) in [4.78, 5) is 6.64. The van der Waals surface area contributed by atoms with Gasteiger partial charge in [-0.05, 0) is 48.6 Å². The number of furan rings is 1. The highest BCUT2D eigenvalue weighted by Crippen LogP contribution is 2.21. The third kappa shape index (κ3) is 4.96. The van der Waals surface area contributed by atoms with Gasteiger partial charge in [0.15, 0.2) is 5.96 Å². The molecule has 1 saturated heterocycles. The topological polar surface area (TPSA) is 40.8 Å². The molecule has 1 fully saturated rings. The molecule has 0 bridgehead atoms. The van der Waals surface area contributed by atoms with Gasteiger partial charge in [-0.2, -0.15) is 0 Å². The molecule has 2 aromatic rings. The SMILES string of the molecule is CN=C(NCc1ccco1)N1CCC(Cc2ccc(F)cc2)C1.I. The first-order valence-corrected chi connectivity index (χ1v) is 7.97. The van der Waals surface area contributed by atoms with Crippen molar-refractivity contribution in [2.45, 2.75) is 19.4 Å². The quantitative estimate of drug-likeness (QED) is 0.446. The number of hydrogen-bond acceptors (Lipinski definition) is 2. The third-order valence-electron chi connectivity index (χ3n) is 4.24. The van der Waals surface area contributed by atoms with Crippen molar-refractivity contribution in [1.29, 1.82) is 0 Å². The minimum absolute atomic E-state index is 0. The van der Waals surface area contributed by atoms with Gasteiger partial charge < -0.3 is 14.6 Å². The summed E-state index contributed by atoms with van der Waals surface area (Å²) in [5, 5.41) is 3.34. The number of aliphatic imine (C=N–C) groups is 1. The van der Waals surface area contributed by atoms with E-state index in [1.165, 1.54) is 17.7 Å². The van der Waals surface area contributed by atoms with Crippen molar-refractivity contribution in [2.75, 3.05) is 20.1 Å². The second kappa shape index (κ2) is 9.05. The number of guanidine groups is 1. The van der Waals surface area contributed by atoms with Crippen LogP contribution in [0.5, 0.6) is 0 Å². The second-order valence-corrected chi connectivity index (χ2v) is 5.91. The molecule has 0 aliphatic carbocycles. The number of hydrogen-bond donors (Lipinski definition) is 1. The van der Waals surface area contributed by atoms with Crippen molar-refractivity contribution in [1.82, 2.24) is 10.2 Å². The van der Waals surface area contributed by atoms with Gasteiger partial charge >= 0.3 is 0 Å². The van der Waals surface area contributed by atoms with E-state index in [2.05, 4.69) is 15.2 Å². The molecule has 1 atom stereocenters. The highest BCUT2D eigenvalue weighted by atomic mass is 127. The van der Waals surface area contributed by atoms with Gasteiger partial charge in [0.2, 0.25) is 0 Å². The molecular formula is C18H23FIN3O. The van der Waals surface area contributed by atoms with E-state index in [0.717, 1.165) is 37.7 Å². The summed E-state index contributed by atoms with van der Waals surface area (Å²) in [7, 11) is 1.80. The van der Waals surface area contributed by atoms with E-state index in [-0.39, 0.29) is 29.8 Å². The Morgan fingerprint density at radius 2 is 2.12 bits per heavy atom. The fourth-order valence-electron chi connectivity index (χ4n) is 3.06. The average Bonchev–Trinajstić information content (AvgIpc) is 3.22. The Hall–Kier alpha value is -1.57. The van der Waals surface area contributed by atoms with Crippen LogP contribution in [0.1, 0.15) is 17.7 Å². The third-order valence-corrected chi connectivity index (χ3v) is 4.24. The molecule has 1 aromatic carbocycles. The fraction of sp³-hybridized carbons (Fsp3) is 0.389. The first kappa shape index (κ1) is 18.8. The van der Waals surface area contributed by atoms with E-state index in [9.17, 15) is 4.39 Å². The monoisotopic (exact) mass is 443 g/mol. The van der Waals surface area contributed by atoms with Crippen LogP contribution in [-0.4, -0.2) is 31.0 Å². The number of nitrogens with one attached hydrogen (secondary N) is 1. The molecule has 0 amide bonds. The van der Waals surface area contributed by atoms with Crippen LogP contribution >= 0.6 is 24.0 Å². The molecular weight excluding hydrogens is 420 g/mol. The van der Waals surface area contributed by atoms with Crippen LogP contribution in [0.25, 0.3) is 0 Å². The standard InChI is InChI=1S/C18H22FN3O.HI/c1-20-18(21-12-17-3-2-10-23-17)22-9-8-15(13-22)11-14-4-6-16(19)7-5-14;/h2-7,10,15H,8-9,11-13H2,1H3,(H,20,21);1H.